The third-order valence-corrected chi connectivity index (χ3v) is 7.13. The molecule has 16 nitrogen and oxygen atoms in total. The summed E-state index contributed by atoms with van der Waals surface area (Å²) in [6.45, 7) is -1.73. The number of carboxylic acid groups (broad SMARTS) is 2. The van der Waals surface area contributed by atoms with Crippen LogP contribution in [0.5, 0.6) is 0 Å². The maximum Gasteiger partial charge on any atom is 0.348 e. The van der Waals surface area contributed by atoms with Gasteiger partial charge in [-0.3, -0.25) is 9.36 Å². The third-order valence-electron chi connectivity index (χ3n) is 6.96. The number of anilines is 1. The summed E-state index contributed by atoms with van der Waals surface area (Å²) in [5.74, 6) is -1.67. The Balaban J connectivity index is 1.57. The molecule has 3 aromatic heterocycles. The van der Waals surface area contributed by atoms with Crippen LogP contribution in [0.2, 0.25) is 5.28 Å². The number of pyridine rings is 1. The first kappa shape index (κ1) is 34.0. The summed E-state index contributed by atoms with van der Waals surface area (Å²) in [6, 6.07) is 9.15. The van der Waals surface area contributed by atoms with Gasteiger partial charge in [-0.05, 0) is 34.9 Å². The first-order valence-electron chi connectivity index (χ1n) is 13.5. The lowest BCUT2D eigenvalue weighted by Crippen LogP contribution is -2.52. The number of nitrogen functional groups attached to an aromatic ring is 1. The zero-order valence-electron chi connectivity index (χ0n) is 23.9. The smallest absolute Gasteiger partial charge is 0.348 e. The molecule has 0 saturated heterocycles. The molecule has 4 aromatic rings. The highest BCUT2D eigenvalue weighted by Gasteiger charge is 2.49. The highest BCUT2D eigenvalue weighted by molar-refractivity contribution is 6.28. The molecule has 242 valence electrons. The predicted octanol–water partition coefficient (Wildman–Crippen LogP) is -0.0796. The zero-order chi connectivity index (χ0) is 33.6. The van der Waals surface area contributed by atoms with Crippen LogP contribution in [0, 0.1) is 12.3 Å². The lowest BCUT2D eigenvalue weighted by Gasteiger charge is -2.30. The number of aromatic nitrogens is 5. The summed E-state index contributed by atoms with van der Waals surface area (Å²) in [5, 5.41) is 49.6. The number of terminal acetylenes is 1. The molecule has 4 rings (SSSR count). The predicted molar refractivity (Wildman–Crippen MR) is 161 cm³/mol. The number of carbonyl (C=O) groups is 2. The quantitative estimate of drug-likeness (QED) is 0.0557. The number of hydrogen-bond donors (Lipinski definition) is 6. The second kappa shape index (κ2) is 14.5. The van der Waals surface area contributed by atoms with Crippen LogP contribution >= 0.6 is 11.6 Å². The van der Waals surface area contributed by atoms with Gasteiger partial charge in [-0.15, -0.1) is 6.42 Å². The number of nitrogens with two attached hydrogens (primary N) is 1. The topological polar surface area (TPSA) is 245 Å². The minimum atomic E-state index is -2.84. The molecule has 0 saturated carbocycles. The van der Waals surface area contributed by atoms with Crippen molar-refractivity contribution in [1.82, 2.24) is 24.1 Å². The van der Waals surface area contributed by atoms with Crippen LogP contribution < -0.4 is 11.3 Å². The largest absolute Gasteiger partial charge is 0.479 e. The van der Waals surface area contributed by atoms with Crippen molar-refractivity contribution in [3.8, 4) is 23.5 Å². The van der Waals surface area contributed by atoms with Crippen LogP contribution in [-0.4, -0.2) is 99.2 Å². The van der Waals surface area contributed by atoms with Gasteiger partial charge in [0.05, 0.1) is 26.1 Å². The van der Waals surface area contributed by atoms with E-state index in [2.05, 4.69) is 20.9 Å². The van der Waals surface area contributed by atoms with Gasteiger partial charge in [0.25, 0.3) is 11.2 Å². The number of rotatable bonds is 15. The van der Waals surface area contributed by atoms with Crippen LogP contribution in [0.25, 0.3) is 22.3 Å². The van der Waals surface area contributed by atoms with E-state index in [-0.39, 0.29) is 46.5 Å². The average molecular weight is 657 g/mol. The van der Waals surface area contributed by atoms with Crippen LogP contribution in [0.1, 0.15) is 11.8 Å². The molecule has 0 aliphatic heterocycles. The second-order valence-electron chi connectivity index (χ2n) is 9.91. The Morgan fingerprint density at radius 2 is 1.83 bits per heavy atom. The molecule has 3 heterocycles. The standard InChI is InChI=1S/C29H29ClN6O10/c1-2-20(39)25(36-15-32-21-22(31)33-28(30)34-23(21)36)46-18(13-38)14-45-29(26(41)42,27(43)44)12-16-5-7-17(8-6-16)19-4-3-9-35(10-11-37)24(19)40/h1,3-9,15,18,20,25,37-39H,10-14H2,(H,41,42)(H,43,44)(H2,31,33,34)/t18-,20+,25+/m0/s1. The molecule has 17 heteroatoms. The Morgan fingerprint density at radius 3 is 2.43 bits per heavy atom. The van der Waals surface area contributed by atoms with Crippen molar-refractivity contribution in [3.05, 3.63) is 70.1 Å². The summed E-state index contributed by atoms with van der Waals surface area (Å²) in [4.78, 5) is 49.4. The fourth-order valence-corrected chi connectivity index (χ4v) is 4.76. The molecule has 0 bridgehead atoms. The first-order chi connectivity index (χ1) is 21.9. The maximum atomic E-state index is 12.7. The summed E-state index contributed by atoms with van der Waals surface area (Å²) in [6.07, 6.45) is 2.88. The highest BCUT2D eigenvalue weighted by atomic mass is 35.5. The molecule has 46 heavy (non-hydrogen) atoms. The van der Waals surface area contributed by atoms with Crippen molar-refractivity contribution in [1.29, 1.82) is 0 Å². The van der Waals surface area contributed by atoms with Crippen molar-refractivity contribution >= 4 is 40.5 Å². The highest BCUT2D eigenvalue weighted by Crippen LogP contribution is 2.27. The number of imidazole rings is 1. The fraction of sp³-hybridized carbons (Fsp3) is 0.310. The first-order valence-corrected chi connectivity index (χ1v) is 13.9. The molecule has 0 aliphatic rings. The molecule has 1 aromatic carbocycles. The van der Waals surface area contributed by atoms with E-state index in [9.17, 15) is 39.9 Å². The maximum absolute atomic E-state index is 12.7. The van der Waals surface area contributed by atoms with Gasteiger partial charge in [-0.25, -0.2) is 14.6 Å². The second-order valence-corrected chi connectivity index (χ2v) is 10.2. The van der Waals surface area contributed by atoms with Gasteiger partial charge < -0.3 is 45.3 Å². The molecule has 3 atom stereocenters. The van der Waals surface area contributed by atoms with Crippen molar-refractivity contribution in [2.75, 3.05) is 25.6 Å². The minimum Gasteiger partial charge on any atom is -0.479 e. The Kier molecular flexibility index (Phi) is 10.7. The lowest BCUT2D eigenvalue weighted by molar-refractivity contribution is -0.195. The molecule has 0 aliphatic carbocycles. The van der Waals surface area contributed by atoms with E-state index < -0.39 is 55.6 Å². The number of fused-ring (bicyclic) bond motifs is 1. The number of ether oxygens (including phenoxy) is 2. The summed E-state index contributed by atoms with van der Waals surface area (Å²) in [5.41, 5.74) is 3.79. The molecule has 0 radical (unpaired) electrons. The Labute approximate surface area is 265 Å². The Bertz CT molecular complexity index is 1810. The number of aliphatic hydroxyl groups excluding tert-OH is 3. The van der Waals surface area contributed by atoms with Gasteiger partial charge >= 0.3 is 11.9 Å². The SMILES string of the molecule is C#C[C@@H](O)[C@@H](O[C@@H](CO)COC(Cc1ccc(-c2cccn(CCO)c2=O)cc1)(C(=O)O)C(=O)O)n1cnc2c(N)nc(Cl)nc21. The van der Waals surface area contributed by atoms with Crippen molar-refractivity contribution in [2.24, 2.45) is 0 Å². The minimum absolute atomic E-state index is 0.0195. The van der Waals surface area contributed by atoms with E-state index in [0.717, 1.165) is 0 Å². The van der Waals surface area contributed by atoms with Gasteiger partial charge in [-0.2, -0.15) is 9.97 Å². The van der Waals surface area contributed by atoms with Crippen molar-refractivity contribution in [3.63, 3.8) is 0 Å². The molecular weight excluding hydrogens is 628 g/mol. The van der Waals surface area contributed by atoms with Crippen LogP contribution in [-0.2, 0) is 32.0 Å². The average Bonchev–Trinajstić information content (AvgIpc) is 3.45. The van der Waals surface area contributed by atoms with E-state index in [1.807, 2.05) is 0 Å². The number of carboxylic acids is 2. The Hall–Kier alpha value is -4.89. The van der Waals surface area contributed by atoms with E-state index in [4.69, 9.17) is 33.2 Å². The number of halogens is 1. The molecular formula is C29H29ClN6O10. The lowest BCUT2D eigenvalue weighted by atomic mass is 9.93. The molecule has 0 unspecified atom stereocenters. The summed E-state index contributed by atoms with van der Waals surface area (Å²) >= 11 is 5.91. The van der Waals surface area contributed by atoms with Gasteiger partial charge in [-0.1, -0.05) is 30.2 Å². The summed E-state index contributed by atoms with van der Waals surface area (Å²) < 4.78 is 13.7. The third kappa shape index (κ3) is 7.00. The van der Waals surface area contributed by atoms with Gasteiger partial charge in [0.15, 0.2) is 23.8 Å². The Morgan fingerprint density at radius 1 is 1.13 bits per heavy atom. The van der Waals surface area contributed by atoms with Crippen LogP contribution in [0.15, 0.2) is 53.7 Å². The summed E-state index contributed by atoms with van der Waals surface area (Å²) in [7, 11) is 0. The molecule has 7 N–H and O–H groups in total. The van der Waals surface area contributed by atoms with E-state index in [1.165, 1.54) is 45.9 Å². The number of benzene rings is 1. The molecule has 0 amide bonds. The van der Waals surface area contributed by atoms with E-state index >= 15 is 0 Å². The molecule has 0 spiro atoms. The van der Waals surface area contributed by atoms with Crippen molar-refractivity contribution in [2.45, 2.75) is 37.0 Å². The van der Waals surface area contributed by atoms with Gasteiger partial charge in [0, 0.05) is 24.7 Å². The number of aliphatic carboxylic acids is 2. The zero-order valence-corrected chi connectivity index (χ0v) is 24.7. The number of nitrogens with zero attached hydrogens (tertiary/aromatic N) is 5. The van der Waals surface area contributed by atoms with Crippen LogP contribution in [0.4, 0.5) is 5.82 Å². The van der Waals surface area contributed by atoms with Crippen molar-refractivity contribution < 1.29 is 44.6 Å². The van der Waals surface area contributed by atoms with Gasteiger partial charge in [0.1, 0.15) is 11.6 Å². The van der Waals surface area contributed by atoms with Crippen LogP contribution in [0.3, 0.4) is 0 Å². The monoisotopic (exact) mass is 656 g/mol. The fourth-order valence-electron chi connectivity index (χ4n) is 4.59. The number of aliphatic hydroxyl groups is 3. The van der Waals surface area contributed by atoms with Gasteiger partial charge in [0.2, 0.25) is 5.28 Å². The number of hydrogen-bond acceptors (Lipinski definition) is 12. The molecule has 0 fully saturated rings. The van der Waals surface area contributed by atoms with E-state index in [1.54, 1.807) is 12.1 Å². The normalized spacial score (nSPS) is 13.6. The van der Waals surface area contributed by atoms with E-state index in [0.29, 0.717) is 11.1 Å².